The van der Waals surface area contributed by atoms with E-state index < -0.39 is 160 Å². The van der Waals surface area contributed by atoms with Crippen LogP contribution in [-0.4, -0.2) is 182 Å². The van der Waals surface area contributed by atoms with Crippen LogP contribution < -0.4 is 0 Å². The van der Waals surface area contributed by atoms with Gasteiger partial charge in [0, 0.05) is 19.5 Å². The van der Waals surface area contributed by atoms with Crippen LogP contribution in [0.4, 0.5) is 101 Å². The Kier molecular flexibility index (Phi) is 16.0. The smallest absolute Gasteiger partial charge is 0.391 e. The third-order valence-electron chi connectivity index (χ3n) is 7.64. The minimum Gasteiger partial charge on any atom is -0.391 e. The summed E-state index contributed by atoms with van der Waals surface area (Å²) in [7, 11) is -17.0. The van der Waals surface area contributed by atoms with Gasteiger partial charge in [0.2, 0.25) is 0 Å². The minimum atomic E-state index is -9.75. The van der Waals surface area contributed by atoms with Crippen molar-refractivity contribution in [1.29, 1.82) is 0 Å². The predicted octanol–water partition coefficient (Wildman–Crippen LogP) is 4.45. The van der Waals surface area contributed by atoms with Crippen molar-refractivity contribution in [3.05, 3.63) is 0 Å². The number of aliphatic hydroxyl groups is 2. The van der Waals surface area contributed by atoms with E-state index >= 15 is 0 Å². The van der Waals surface area contributed by atoms with Gasteiger partial charge in [0.25, 0.3) is 30.3 Å². The summed E-state index contributed by atoms with van der Waals surface area (Å²) in [5.74, 6) is -88.5. The van der Waals surface area contributed by atoms with Crippen LogP contribution in [0.1, 0.15) is 6.42 Å². The lowest BCUT2D eigenvalue weighted by Crippen LogP contribution is -2.78. The number of sulfonamides is 1. The van der Waals surface area contributed by atoms with Crippen molar-refractivity contribution in [2.75, 3.05) is 51.8 Å². The molecule has 0 saturated heterocycles. The Labute approximate surface area is 320 Å². The molecule has 0 bridgehead atoms. The highest BCUT2D eigenvalue weighted by molar-refractivity contribution is 7.90. The molecular weight excluding hydrogens is 985 g/mol. The van der Waals surface area contributed by atoms with Crippen molar-refractivity contribution in [2.24, 2.45) is 0 Å². The summed E-state index contributed by atoms with van der Waals surface area (Å²) in [4.78, 5) is 0. The van der Waals surface area contributed by atoms with Gasteiger partial charge in [0.05, 0.1) is 26.7 Å². The maximum Gasteiger partial charge on any atom is 0.460 e. The SMILES string of the molecule is C[N+](C)(CCCN(CC(O)CS(=O)(=O)O)S(=O)(=O)C(F)(F)C(F)(F)C(F)(F)C(F)(F)C(F)(F)C(F)(F)C(F)(F)C(F)(F)C(F)(F)C(F)(F)C(F)(F)F)CC(O)CS(=O)(=O)O. The maximum atomic E-state index is 15.0. The molecule has 0 radical (unpaired) electrons. The molecule has 0 aromatic rings. The second kappa shape index (κ2) is 16.5. The van der Waals surface area contributed by atoms with Gasteiger partial charge in [-0.05, 0) is 0 Å². The fourth-order valence-electron chi connectivity index (χ4n) is 4.54. The Bertz CT molecular complexity index is 1860. The Morgan fingerprint density at radius 1 is 0.483 bits per heavy atom. The summed E-state index contributed by atoms with van der Waals surface area (Å²) in [6.07, 6.45) is -14.8. The van der Waals surface area contributed by atoms with E-state index in [1.165, 1.54) is 0 Å². The number of hydrogen-bond acceptors (Lipinski definition) is 8. The number of alkyl halides is 23. The molecule has 0 heterocycles. The Morgan fingerprint density at radius 2 is 0.767 bits per heavy atom. The van der Waals surface area contributed by atoms with E-state index in [-0.39, 0.29) is 0 Å². The molecule has 0 aliphatic heterocycles. The van der Waals surface area contributed by atoms with Crippen LogP contribution in [0, 0.1) is 0 Å². The van der Waals surface area contributed by atoms with Crippen LogP contribution in [0.5, 0.6) is 0 Å². The average molecular weight is 1010 g/mol. The molecule has 0 aromatic heterocycles. The zero-order valence-corrected chi connectivity index (χ0v) is 31.1. The second-order valence-electron chi connectivity index (χ2n) is 13.0. The summed E-state index contributed by atoms with van der Waals surface area (Å²) < 4.78 is 403. The first kappa shape index (κ1) is 58.0. The van der Waals surface area contributed by atoms with Gasteiger partial charge in [-0.25, -0.2) is 8.42 Å². The monoisotopic (exact) mass is 1010 g/mol. The molecule has 60 heavy (non-hydrogen) atoms. The van der Waals surface area contributed by atoms with E-state index in [2.05, 4.69) is 0 Å². The van der Waals surface area contributed by atoms with E-state index in [1.807, 2.05) is 0 Å². The predicted molar refractivity (Wildman–Crippen MR) is 147 cm³/mol. The first-order chi connectivity index (χ1) is 25.6. The molecular formula is C22H26F23N2O10S3+. The molecule has 2 atom stereocenters. The lowest BCUT2D eigenvalue weighted by molar-refractivity contribution is -0.893. The van der Waals surface area contributed by atoms with Gasteiger partial charge in [0.15, 0.2) is 0 Å². The van der Waals surface area contributed by atoms with Gasteiger partial charge >= 0.3 is 64.7 Å². The zero-order chi connectivity index (χ0) is 49.2. The van der Waals surface area contributed by atoms with E-state index in [0.717, 1.165) is 14.1 Å². The van der Waals surface area contributed by atoms with Gasteiger partial charge in [-0.1, -0.05) is 0 Å². The quantitative estimate of drug-likeness (QED) is 0.0648. The van der Waals surface area contributed by atoms with E-state index in [0.29, 0.717) is 0 Å². The number of rotatable bonds is 23. The second-order valence-corrected chi connectivity index (χ2v) is 18.0. The van der Waals surface area contributed by atoms with E-state index in [1.54, 1.807) is 0 Å². The van der Waals surface area contributed by atoms with Crippen molar-refractivity contribution >= 4 is 30.3 Å². The molecule has 12 nitrogen and oxygen atoms in total. The van der Waals surface area contributed by atoms with Crippen LogP contribution >= 0.6 is 0 Å². The topological polar surface area (TPSA) is 187 Å². The fourth-order valence-corrected chi connectivity index (χ4v) is 7.24. The zero-order valence-electron chi connectivity index (χ0n) is 28.7. The van der Waals surface area contributed by atoms with Crippen LogP contribution in [0.3, 0.4) is 0 Å². The standard InChI is InChI=1S/C22H25F23N2O10S3/c1-47(2,7-11(49)9-59(53,54)55)5-3-4-46(6-10(48)8-58(50,51)52)60(56,57)22(44,45)20(39,40)18(35,36)16(31,32)14(27,28)12(23,24)13(25,26)15(29,30)17(33,34)19(37,38)21(41,42)43/h10-11,48-49H,3-9H2,1-2H3,(H-,50,51,52,53,54,55)/p+1. The third kappa shape index (κ3) is 10.2. The van der Waals surface area contributed by atoms with Crippen molar-refractivity contribution in [3.63, 3.8) is 0 Å². The molecule has 0 amide bonds. The van der Waals surface area contributed by atoms with Crippen molar-refractivity contribution in [2.45, 2.75) is 83.4 Å². The average Bonchev–Trinajstić information content (AvgIpc) is 2.96. The van der Waals surface area contributed by atoms with Gasteiger partial charge in [0.1, 0.15) is 24.2 Å². The molecule has 362 valence electrons. The molecule has 0 saturated carbocycles. The molecule has 2 unspecified atom stereocenters. The molecule has 0 rings (SSSR count). The third-order valence-corrected chi connectivity index (χ3v) is 11.2. The molecule has 4 N–H and O–H groups in total. The number of aliphatic hydroxyl groups excluding tert-OH is 2. The van der Waals surface area contributed by atoms with E-state index in [9.17, 15) is 136 Å². The summed E-state index contributed by atoms with van der Waals surface area (Å²) in [6.45, 7) is -6.31. The highest BCUT2D eigenvalue weighted by Crippen LogP contribution is 2.67. The van der Waals surface area contributed by atoms with Gasteiger partial charge in [-0.3, -0.25) is 9.11 Å². The summed E-state index contributed by atoms with van der Waals surface area (Å²) in [6, 6.07) is 0. The van der Waals surface area contributed by atoms with Crippen LogP contribution in [-0.2, 0) is 30.3 Å². The molecule has 0 fully saturated rings. The fraction of sp³-hybridized carbons (Fsp3) is 1.00. The lowest BCUT2D eigenvalue weighted by Gasteiger charge is -2.45. The first-order valence-electron chi connectivity index (χ1n) is 14.5. The summed E-state index contributed by atoms with van der Waals surface area (Å²) >= 11 is 0. The maximum absolute atomic E-state index is 15.0. The first-order valence-corrected chi connectivity index (χ1v) is 19.1. The number of hydrogen-bond donors (Lipinski definition) is 4. The number of nitrogens with zero attached hydrogens (tertiary/aromatic N) is 2. The van der Waals surface area contributed by atoms with E-state index in [4.69, 9.17) is 9.11 Å². The number of likely N-dealkylation sites (N-methyl/N-ethyl adjacent to an activating group) is 1. The van der Waals surface area contributed by atoms with Crippen LogP contribution in [0.15, 0.2) is 0 Å². The Balaban J connectivity index is 7.45. The Hall–Kier alpha value is -2.00. The highest BCUT2D eigenvalue weighted by atomic mass is 32.2. The largest absolute Gasteiger partial charge is 0.460 e. The van der Waals surface area contributed by atoms with Gasteiger partial charge < -0.3 is 14.7 Å². The molecule has 0 aliphatic rings. The van der Waals surface area contributed by atoms with Crippen LogP contribution in [0.2, 0.25) is 0 Å². The van der Waals surface area contributed by atoms with Gasteiger partial charge in [-0.2, -0.15) is 122 Å². The number of halogens is 23. The molecule has 0 aliphatic carbocycles. The van der Waals surface area contributed by atoms with Gasteiger partial charge in [-0.15, -0.1) is 0 Å². The van der Waals surface area contributed by atoms with Crippen molar-refractivity contribution in [3.8, 4) is 0 Å². The van der Waals surface area contributed by atoms with Crippen molar-refractivity contribution < 1.29 is 150 Å². The molecule has 38 heteroatoms. The normalized spacial score (nSPS) is 17.3. The Morgan fingerprint density at radius 3 is 1.07 bits per heavy atom. The summed E-state index contributed by atoms with van der Waals surface area (Å²) in [5, 5.41) is 11.1. The molecule has 0 aromatic carbocycles. The van der Waals surface area contributed by atoms with Crippen molar-refractivity contribution in [1.82, 2.24) is 4.31 Å². The summed E-state index contributed by atoms with van der Waals surface area (Å²) in [5.41, 5.74) is 0. The minimum absolute atomic E-state index is 0.861. The molecule has 0 spiro atoms. The highest BCUT2D eigenvalue weighted by Gasteiger charge is 2.99. The lowest BCUT2D eigenvalue weighted by atomic mass is 9.86. The number of quaternary nitrogens is 1. The van der Waals surface area contributed by atoms with Crippen LogP contribution in [0.25, 0.3) is 0 Å².